The summed E-state index contributed by atoms with van der Waals surface area (Å²) in [6.45, 7) is 4.16. The minimum absolute atomic E-state index is 0.0148. The number of oxime groups is 1. The molecule has 7 heteroatoms. The highest BCUT2D eigenvalue weighted by atomic mass is 16.7. The van der Waals surface area contributed by atoms with E-state index in [4.69, 9.17) is 4.84 Å². The summed E-state index contributed by atoms with van der Waals surface area (Å²) in [5.74, 6) is -0.181. The monoisotopic (exact) mass is 313 g/mol. The lowest BCUT2D eigenvalue weighted by atomic mass is 9.95. The number of amides is 1. The number of nitrogens with zero attached hydrogens (tertiary/aromatic N) is 4. The van der Waals surface area contributed by atoms with Crippen molar-refractivity contribution in [2.75, 3.05) is 6.54 Å². The van der Waals surface area contributed by atoms with Gasteiger partial charge in [-0.25, -0.2) is 9.67 Å². The summed E-state index contributed by atoms with van der Waals surface area (Å²) < 4.78 is 1.70. The zero-order chi connectivity index (χ0) is 16.3. The molecule has 1 aliphatic heterocycles. The van der Waals surface area contributed by atoms with E-state index < -0.39 is 5.60 Å². The molecule has 0 unspecified atom stereocenters. The van der Waals surface area contributed by atoms with Crippen LogP contribution in [-0.4, -0.2) is 38.5 Å². The Morgan fingerprint density at radius 1 is 1.43 bits per heavy atom. The molecule has 0 radical (unpaired) electrons. The molecule has 0 bridgehead atoms. The molecule has 7 nitrogen and oxygen atoms in total. The van der Waals surface area contributed by atoms with E-state index in [9.17, 15) is 4.79 Å². The Labute approximate surface area is 134 Å². The average Bonchev–Trinajstić information content (AvgIpc) is 3.23. The first kappa shape index (κ1) is 15.2. The first-order chi connectivity index (χ1) is 11.1. The van der Waals surface area contributed by atoms with Gasteiger partial charge in [0, 0.05) is 13.0 Å². The summed E-state index contributed by atoms with van der Waals surface area (Å²) in [5, 5.41) is 11.0. The van der Waals surface area contributed by atoms with Crippen LogP contribution in [0.5, 0.6) is 0 Å². The van der Waals surface area contributed by atoms with Gasteiger partial charge in [-0.05, 0) is 19.4 Å². The highest BCUT2D eigenvalue weighted by Gasteiger charge is 2.42. The maximum atomic E-state index is 12.5. The molecule has 0 fully saturated rings. The second-order valence-electron chi connectivity index (χ2n) is 5.84. The van der Waals surface area contributed by atoms with Crippen LogP contribution in [0.3, 0.4) is 0 Å². The number of rotatable bonds is 5. The second-order valence-corrected chi connectivity index (χ2v) is 5.84. The molecule has 0 aliphatic carbocycles. The highest BCUT2D eigenvalue weighted by Crippen LogP contribution is 2.26. The van der Waals surface area contributed by atoms with E-state index in [-0.39, 0.29) is 11.9 Å². The molecular weight excluding hydrogens is 294 g/mol. The van der Waals surface area contributed by atoms with Crippen LogP contribution < -0.4 is 5.32 Å². The van der Waals surface area contributed by atoms with Gasteiger partial charge in [0.15, 0.2) is 0 Å². The Morgan fingerprint density at radius 2 is 2.22 bits per heavy atom. The number of carbonyl (C=O) groups is 1. The molecule has 2 aromatic rings. The summed E-state index contributed by atoms with van der Waals surface area (Å²) in [6.07, 6.45) is 3.54. The van der Waals surface area contributed by atoms with Gasteiger partial charge in [0.1, 0.15) is 12.7 Å². The molecule has 120 valence electrons. The van der Waals surface area contributed by atoms with Crippen LogP contribution in [0.2, 0.25) is 0 Å². The number of hydrogen-bond acceptors (Lipinski definition) is 5. The van der Waals surface area contributed by atoms with Gasteiger partial charge >= 0.3 is 0 Å². The Hall–Kier alpha value is -2.70. The van der Waals surface area contributed by atoms with Crippen LogP contribution in [0.1, 0.15) is 31.9 Å². The lowest BCUT2D eigenvalue weighted by Gasteiger charge is -2.21. The molecule has 23 heavy (non-hydrogen) atoms. The number of nitrogens with one attached hydrogen (secondary N) is 1. The quantitative estimate of drug-likeness (QED) is 0.908. The van der Waals surface area contributed by atoms with Crippen molar-refractivity contribution in [2.24, 2.45) is 5.16 Å². The Balaban J connectivity index is 1.58. The van der Waals surface area contributed by atoms with Crippen molar-refractivity contribution in [2.45, 2.75) is 31.9 Å². The maximum Gasteiger partial charge on any atom is 0.267 e. The summed E-state index contributed by atoms with van der Waals surface area (Å²) in [4.78, 5) is 21.8. The van der Waals surface area contributed by atoms with E-state index in [2.05, 4.69) is 20.6 Å². The molecule has 2 atom stereocenters. The Bertz CT molecular complexity index is 699. The average molecular weight is 313 g/mol. The Morgan fingerprint density at radius 3 is 2.91 bits per heavy atom. The summed E-state index contributed by atoms with van der Waals surface area (Å²) in [7, 11) is 0. The number of hydrogen-bond donors (Lipinski definition) is 1. The molecule has 3 rings (SSSR count). The van der Waals surface area contributed by atoms with Gasteiger partial charge in [-0.1, -0.05) is 35.5 Å². The van der Waals surface area contributed by atoms with Gasteiger partial charge in [-0.15, -0.1) is 0 Å². The van der Waals surface area contributed by atoms with Gasteiger partial charge in [-0.2, -0.15) is 5.10 Å². The molecule has 0 saturated heterocycles. The zero-order valence-corrected chi connectivity index (χ0v) is 13.1. The minimum Gasteiger partial charge on any atom is -0.379 e. The molecule has 1 amide bonds. The molecule has 0 spiro atoms. The molecular formula is C16H19N5O2. The molecule has 1 N–H and O–H groups in total. The lowest BCUT2D eigenvalue weighted by Crippen LogP contribution is -2.46. The van der Waals surface area contributed by atoms with E-state index in [1.807, 2.05) is 37.3 Å². The standard InChI is InChI=1S/C16H19N5O2/c1-12(21-11-17-10-19-21)9-18-15(22)16(2)8-14(20-23-16)13-6-4-3-5-7-13/h3-7,10-12H,8-9H2,1-2H3,(H,18,22)/t12-,16-/m1/s1. The third kappa shape index (κ3) is 3.23. The molecule has 1 aliphatic rings. The van der Waals surface area contributed by atoms with E-state index in [0.717, 1.165) is 11.3 Å². The van der Waals surface area contributed by atoms with Gasteiger partial charge in [-0.3, -0.25) is 4.79 Å². The normalized spacial score (nSPS) is 21.4. The second kappa shape index (κ2) is 6.20. The van der Waals surface area contributed by atoms with Gasteiger partial charge < -0.3 is 10.2 Å². The fraction of sp³-hybridized carbons (Fsp3) is 0.375. The van der Waals surface area contributed by atoms with Crippen LogP contribution in [0.4, 0.5) is 0 Å². The van der Waals surface area contributed by atoms with Crippen molar-refractivity contribution in [3.63, 3.8) is 0 Å². The van der Waals surface area contributed by atoms with Crippen molar-refractivity contribution in [1.82, 2.24) is 20.1 Å². The van der Waals surface area contributed by atoms with Crippen LogP contribution in [-0.2, 0) is 9.63 Å². The molecule has 1 aromatic heterocycles. The maximum absolute atomic E-state index is 12.5. The van der Waals surface area contributed by atoms with E-state index in [1.54, 1.807) is 17.9 Å². The van der Waals surface area contributed by atoms with Crippen molar-refractivity contribution in [3.05, 3.63) is 48.5 Å². The highest BCUT2D eigenvalue weighted by molar-refractivity contribution is 6.05. The smallest absolute Gasteiger partial charge is 0.267 e. The van der Waals surface area contributed by atoms with Crippen LogP contribution >= 0.6 is 0 Å². The number of aromatic nitrogens is 3. The summed E-state index contributed by atoms with van der Waals surface area (Å²) >= 11 is 0. The first-order valence-electron chi connectivity index (χ1n) is 7.51. The minimum atomic E-state index is -0.979. The Kier molecular flexibility index (Phi) is 4.10. The third-order valence-electron chi connectivity index (χ3n) is 3.90. The van der Waals surface area contributed by atoms with E-state index in [0.29, 0.717) is 13.0 Å². The SMILES string of the molecule is C[C@H](CNC(=O)[C@@]1(C)CC(c2ccccc2)=NO1)n1cncn1. The summed E-state index contributed by atoms with van der Waals surface area (Å²) in [6, 6.07) is 9.75. The molecule has 0 saturated carbocycles. The van der Waals surface area contributed by atoms with E-state index in [1.165, 1.54) is 6.33 Å². The van der Waals surface area contributed by atoms with Gasteiger partial charge in [0.25, 0.3) is 5.91 Å². The van der Waals surface area contributed by atoms with Gasteiger partial charge in [0.05, 0.1) is 11.8 Å². The van der Waals surface area contributed by atoms with Crippen molar-refractivity contribution in [3.8, 4) is 0 Å². The fourth-order valence-electron chi connectivity index (χ4n) is 2.41. The molecule has 1 aromatic carbocycles. The van der Waals surface area contributed by atoms with Crippen molar-refractivity contribution in [1.29, 1.82) is 0 Å². The lowest BCUT2D eigenvalue weighted by molar-refractivity contribution is -0.141. The largest absolute Gasteiger partial charge is 0.379 e. The van der Waals surface area contributed by atoms with Crippen LogP contribution in [0, 0.1) is 0 Å². The fourth-order valence-corrected chi connectivity index (χ4v) is 2.41. The summed E-state index contributed by atoms with van der Waals surface area (Å²) in [5.41, 5.74) is 0.778. The number of benzene rings is 1. The van der Waals surface area contributed by atoms with Crippen LogP contribution in [0.25, 0.3) is 0 Å². The van der Waals surface area contributed by atoms with E-state index >= 15 is 0 Å². The van der Waals surface area contributed by atoms with Crippen LogP contribution in [0.15, 0.2) is 48.1 Å². The van der Waals surface area contributed by atoms with Gasteiger partial charge in [0.2, 0.25) is 5.60 Å². The predicted octanol–water partition coefficient (Wildman–Crippen LogP) is 1.54. The third-order valence-corrected chi connectivity index (χ3v) is 3.90. The predicted molar refractivity (Wildman–Crippen MR) is 84.8 cm³/mol. The first-order valence-corrected chi connectivity index (χ1v) is 7.51. The zero-order valence-electron chi connectivity index (χ0n) is 13.1. The molecule has 2 heterocycles. The van der Waals surface area contributed by atoms with Crippen molar-refractivity contribution >= 4 is 11.6 Å². The van der Waals surface area contributed by atoms with Crippen molar-refractivity contribution < 1.29 is 9.63 Å². The topological polar surface area (TPSA) is 81.4 Å². The number of carbonyl (C=O) groups excluding carboxylic acids is 1.